The van der Waals surface area contributed by atoms with Crippen LogP contribution in [0.25, 0.3) is 0 Å². The van der Waals surface area contributed by atoms with Crippen LogP contribution in [0.4, 0.5) is 0 Å². The third-order valence-corrected chi connectivity index (χ3v) is 5.94. The van der Waals surface area contributed by atoms with Crippen LogP contribution in [-0.2, 0) is 11.3 Å². The van der Waals surface area contributed by atoms with E-state index in [2.05, 4.69) is 25.8 Å². The SMILES string of the molecule is CC(C)(C)N(Cc1ccccc1)C(=O)CSc1ccc(C(=O)N2CCCC2)cn1. The molecule has 2 heterocycles. The maximum absolute atomic E-state index is 12.9. The quantitative estimate of drug-likeness (QED) is 0.667. The predicted molar refractivity (Wildman–Crippen MR) is 117 cm³/mol. The van der Waals surface area contributed by atoms with Crippen molar-refractivity contribution >= 4 is 23.6 Å². The molecule has 2 amide bonds. The summed E-state index contributed by atoms with van der Waals surface area (Å²) < 4.78 is 0. The summed E-state index contributed by atoms with van der Waals surface area (Å²) in [4.78, 5) is 33.5. The molecule has 0 N–H and O–H groups in total. The molecule has 1 fully saturated rings. The molecule has 0 unspecified atom stereocenters. The van der Waals surface area contributed by atoms with E-state index in [0.717, 1.165) is 36.5 Å². The van der Waals surface area contributed by atoms with Crippen LogP contribution in [0.5, 0.6) is 0 Å². The number of aromatic nitrogens is 1. The Morgan fingerprint density at radius 3 is 2.34 bits per heavy atom. The summed E-state index contributed by atoms with van der Waals surface area (Å²) in [5.74, 6) is 0.436. The van der Waals surface area contributed by atoms with Crippen molar-refractivity contribution in [2.75, 3.05) is 18.8 Å². The van der Waals surface area contributed by atoms with E-state index in [1.165, 1.54) is 11.8 Å². The first-order chi connectivity index (χ1) is 13.8. The average Bonchev–Trinajstić information content (AvgIpc) is 3.25. The number of hydrogen-bond donors (Lipinski definition) is 0. The van der Waals surface area contributed by atoms with Crippen molar-refractivity contribution < 1.29 is 9.59 Å². The van der Waals surface area contributed by atoms with E-state index in [1.807, 2.05) is 52.3 Å². The fourth-order valence-electron chi connectivity index (χ4n) is 3.37. The Balaban J connectivity index is 1.59. The largest absolute Gasteiger partial charge is 0.339 e. The van der Waals surface area contributed by atoms with Crippen molar-refractivity contribution in [3.63, 3.8) is 0 Å². The van der Waals surface area contributed by atoms with Crippen LogP contribution in [-0.4, -0.2) is 51.0 Å². The second kappa shape index (κ2) is 9.44. The van der Waals surface area contributed by atoms with E-state index in [-0.39, 0.29) is 17.4 Å². The van der Waals surface area contributed by atoms with E-state index in [0.29, 0.717) is 17.9 Å². The van der Waals surface area contributed by atoms with E-state index in [1.54, 1.807) is 6.20 Å². The molecule has 6 heteroatoms. The van der Waals surface area contributed by atoms with E-state index >= 15 is 0 Å². The molecular formula is C23H29N3O2S. The molecule has 29 heavy (non-hydrogen) atoms. The summed E-state index contributed by atoms with van der Waals surface area (Å²) in [6.07, 6.45) is 3.77. The number of likely N-dealkylation sites (tertiary alicyclic amines) is 1. The number of thioether (sulfide) groups is 1. The molecule has 0 saturated carbocycles. The number of carbonyl (C=O) groups excluding carboxylic acids is 2. The molecule has 0 atom stereocenters. The zero-order valence-corrected chi connectivity index (χ0v) is 18.2. The van der Waals surface area contributed by atoms with Crippen LogP contribution >= 0.6 is 11.8 Å². The van der Waals surface area contributed by atoms with E-state index in [9.17, 15) is 9.59 Å². The summed E-state index contributed by atoms with van der Waals surface area (Å²) in [6.45, 7) is 8.39. The topological polar surface area (TPSA) is 53.5 Å². The van der Waals surface area contributed by atoms with Crippen molar-refractivity contribution in [3.8, 4) is 0 Å². The van der Waals surface area contributed by atoms with Gasteiger partial charge in [-0.05, 0) is 51.3 Å². The maximum atomic E-state index is 12.9. The second-order valence-electron chi connectivity index (χ2n) is 8.31. The highest BCUT2D eigenvalue weighted by molar-refractivity contribution is 7.99. The minimum atomic E-state index is -0.271. The van der Waals surface area contributed by atoms with E-state index in [4.69, 9.17) is 0 Å². The standard InChI is InChI=1S/C23H29N3O2S/c1-23(2,3)26(16-18-9-5-4-6-10-18)21(27)17-29-20-12-11-19(15-24-20)22(28)25-13-7-8-14-25/h4-6,9-12,15H,7-8,13-14,16-17H2,1-3H3. The number of pyridine rings is 1. The normalized spacial score (nSPS) is 14.1. The summed E-state index contributed by atoms with van der Waals surface area (Å²) in [6, 6.07) is 13.7. The number of amides is 2. The van der Waals surface area contributed by atoms with Crippen LogP contribution in [0, 0.1) is 0 Å². The first-order valence-electron chi connectivity index (χ1n) is 10.1. The predicted octanol–water partition coefficient (Wildman–Crippen LogP) is 4.24. The van der Waals surface area contributed by atoms with Gasteiger partial charge in [0.2, 0.25) is 5.91 Å². The van der Waals surface area contributed by atoms with Crippen LogP contribution in [0.2, 0.25) is 0 Å². The summed E-state index contributed by atoms with van der Waals surface area (Å²) in [5, 5.41) is 0.755. The Bertz CT molecular complexity index is 825. The molecule has 1 aromatic heterocycles. The Hall–Kier alpha value is -2.34. The van der Waals surface area contributed by atoms with Gasteiger partial charge < -0.3 is 9.80 Å². The molecule has 5 nitrogen and oxygen atoms in total. The number of hydrogen-bond acceptors (Lipinski definition) is 4. The highest BCUT2D eigenvalue weighted by Gasteiger charge is 2.26. The lowest BCUT2D eigenvalue weighted by atomic mass is 10.0. The second-order valence-corrected chi connectivity index (χ2v) is 9.31. The third-order valence-electron chi connectivity index (χ3n) is 5.01. The van der Waals surface area contributed by atoms with Crippen molar-refractivity contribution in [2.24, 2.45) is 0 Å². The number of carbonyl (C=O) groups is 2. The smallest absolute Gasteiger partial charge is 0.255 e. The fourth-order valence-corrected chi connectivity index (χ4v) is 4.09. The molecule has 3 rings (SSSR count). The van der Waals surface area contributed by atoms with Crippen LogP contribution in [0.1, 0.15) is 49.5 Å². The third kappa shape index (κ3) is 5.82. The molecule has 154 valence electrons. The fraction of sp³-hybridized carbons (Fsp3) is 0.435. The highest BCUT2D eigenvalue weighted by atomic mass is 32.2. The molecule has 1 aliphatic heterocycles. The average molecular weight is 412 g/mol. The summed E-state index contributed by atoms with van der Waals surface area (Å²) in [5.41, 5.74) is 1.46. The van der Waals surface area contributed by atoms with Crippen molar-refractivity contribution in [2.45, 2.75) is 50.7 Å². The summed E-state index contributed by atoms with van der Waals surface area (Å²) in [7, 11) is 0. The Labute approximate surface area is 177 Å². The number of benzene rings is 1. The van der Waals surface area contributed by atoms with Gasteiger partial charge in [0, 0.05) is 31.4 Å². The lowest BCUT2D eigenvalue weighted by molar-refractivity contribution is -0.133. The molecule has 2 aromatic rings. The zero-order valence-electron chi connectivity index (χ0n) is 17.4. The first kappa shape index (κ1) is 21.4. The van der Waals surface area contributed by atoms with Gasteiger partial charge >= 0.3 is 0 Å². The minimum absolute atomic E-state index is 0.0457. The summed E-state index contributed by atoms with van der Waals surface area (Å²) >= 11 is 1.41. The van der Waals surface area contributed by atoms with Crippen molar-refractivity contribution in [1.29, 1.82) is 0 Å². The molecule has 1 aromatic carbocycles. The Morgan fingerprint density at radius 1 is 1.07 bits per heavy atom. The van der Waals surface area contributed by atoms with Gasteiger partial charge in [0.1, 0.15) is 0 Å². The molecular weight excluding hydrogens is 382 g/mol. The monoisotopic (exact) mass is 411 g/mol. The number of rotatable bonds is 6. The van der Waals surface area contributed by atoms with Crippen LogP contribution in [0.15, 0.2) is 53.7 Å². The lowest BCUT2D eigenvalue weighted by Crippen LogP contribution is -2.45. The van der Waals surface area contributed by atoms with E-state index < -0.39 is 0 Å². The number of nitrogens with zero attached hydrogens (tertiary/aromatic N) is 3. The first-order valence-corrected chi connectivity index (χ1v) is 11.1. The molecule has 0 aliphatic carbocycles. The molecule has 1 aliphatic rings. The van der Waals surface area contributed by atoms with Gasteiger partial charge in [0.25, 0.3) is 5.91 Å². The van der Waals surface area contributed by atoms with Crippen LogP contribution in [0.3, 0.4) is 0 Å². The minimum Gasteiger partial charge on any atom is -0.339 e. The Kier molecular flexibility index (Phi) is 6.96. The molecule has 0 spiro atoms. The van der Waals surface area contributed by atoms with Gasteiger partial charge in [-0.1, -0.05) is 42.1 Å². The highest BCUT2D eigenvalue weighted by Crippen LogP contribution is 2.22. The van der Waals surface area contributed by atoms with Gasteiger partial charge in [0.15, 0.2) is 0 Å². The molecule has 1 saturated heterocycles. The van der Waals surface area contributed by atoms with Gasteiger partial charge in [-0.25, -0.2) is 4.98 Å². The molecule has 0 bridgehead atoms. The molecule has 0 radical (unpaired) electrons. The van der Waals surface area contributed by atoms with Crippen LogP contribution < -0.4 is 0 Å². The Morgan fingerprint density at radius 2 is 1.76 bits per heavy atom. The van der Waals surface area contributed by atoms with Gasteiger partial charge in [-0.3, -0.25) is 9.59 Å². The van der Waals surface area contributed by atoms with Gasteiger partial charge in [-0.2, -0.15) is 0 Å². The lowest BCUT2D eigenvalue weighted by Gasteiger charge is -2.36. The van der Waals surface area contributed by atoms with Gasteiger partial charge in [-0.15, -0.1) is 0 Å². The zero-order chi connectivity index (χ0) is 20.9. The van der Waals surface area contributed by atoms with Gasteiger partial charge in [0.05, 0.1) is 16.3 Å². The van der Waals surface area contributed by atoms with Crippen molar-refractivity contribution in [1.82, 2.24) is 14.8 Å². The maximum Gasteiger partial charge on any atom is 0.255 e. The van der Waals surface area contributed by atoms with Crippen molar-refractivity contribution in [3.05, 3.63) is 59.8 Å².